The number of non-ortho nitro benzene ring substituents is 1. The van der Waals surface area contributed by atoms with Crippen molar-refractivity contribution in [1.82, 2.24) is 0 Å². The van der Waals surface area contributed by atoms with E-state index < -0.39 is 4.92 Å². The number of nitrogens with zero attached hydrogens (tertiary/aromatic N) is 1. The Morgan fingerprint density at radius 3 is 2.55 bits per heavy atom. The first-order valence-electron chi connectivity index (χ1n) is 5.80. The summed E-state index contributed by atoms with van der Waals surface area (Å²) in [6.45, 7) is 0. The van der Waals surface area contributed by atoms with E-state index in [0.717, 1.165) is 5.56 Å². The third-order valence-electron chi connectivity index (χ3n) is 2.69. The van der Waals surface area contributed by atoms with Crippen molar-refractivity contribution in [1.29, 1.82) is 0 Å². The molecule has 6 heteroatoms. The molecular weight excluding hydrogens is 326 g/mol. The molecular formula is C14H12BrNO4. The van der Waals surface area contributed by atoms with Crippen molar-refractivity contribution in [2.45, 2.75) is 5.33 Å². The molecule has 0 unspecified atom stereocenters. The van der Waals surface area contributed by atoms with Crippen LogP contribution in [0, 0.1) is 10.1 Å². The van der Waals surface area contributed by atoms with Gasteiger partial charge in [-0.05, 0) is 12.1 Å². The molecule has 0 aliphatic carbocycles. The molecule has 0 radical (unpaired) electrons. The number of nitro benzene ring substituents is 1. The largest absolute Gasteiger partial charge is 0.493 e. The summed E-state index contributed by atoms with van der Waals surface area (Å²) >= 11 is 3.39. The average Bonchev–Trinajstić information content (AvgIpc) is 2.48. The molecule has 0 saturated heterocycles. The van der Waals surface area contributed by atoms with Gasteiger partial charge in [-0.25, -0.2) is 0 Å². The van der Waals surface area contributed by atoms with E-state index in [0.29, 0.717) is 22.6 Å². The van der Waals surface area contributed by atoms with Crippen LogP contribution >= 0.6 is 15.9 Å². The van der Waals surface area contributed by atoms with Crippen LogP contribution in [0.1, 0.15) is 5.56 Å². The van der Waals surface area contributed by atoms with Gasteiger partial charge in [0, 0.05) is 17.0 Å². The summed E-state index contributed by atoms with van der Waals surface area (Å²) in [4.78, 5) is 10.3. The summed E-state index contributed by atoms with van der Waals surface area (Å²) in [5, 5.41) is 11.4. The van der Waals surface area contributed by atoms with Crippen molar-refractivity contribution in [3.8, 4) is 17.2 Å². The van der Waals surface area contributed by atoms with Gasteiger partial charge in [-0.1, -0.05) is 34.1 Å². The van der Waals surface area contributed by atoms with Crippen molar-refractivity contribution in [2.24, 2.45) is 0 Å². The van der Waals surface area contributed by atoms with E-state index in [-0.39, 0.29) is 5.69 Å². The monoisotopic (exact) mass is 337 g/mol. The van der Waals surface area contributed by atoms with E-state index in [2.05, 4.69) is 15.9 Å². The number of hydrogen-bond acceptors (Lipinski definition) is 4. The van der Waals surface area contributed by atoms with E-state index >= 15 is 0 Å². The SMILES string of the molecule is COc1cc([N+](=O)[O-])ccc1Oc1ccccc1CBr. The number of rotatable bonds is 5. The number of para-hydroxylation sites is 1. The highest BCUT2D eigenvalue weighted by molar-refractivity contribution is 9.08. The molecule has 0 aromatic heterocycles. The van der Waals surface area contributed by atoms with Crippen LogP contribution in [0.2, 0.25) is 0 Å². The fraction of sp³-hybridized carbons (Fsp3) is 0.143. The molecule has 0 saturated carbocycles. The predicted molar refractivity (Wildman–Crippen MR) is 78.8 cm³/mol. The number of halogens is 1. The van der Waals surface area contributed by atoms with Crippen LogP contribution in [0.4, 0.5) is 5.69 Å². The first kappa shape index (κ1) is 14.3. The number of nitro groups is 1. The average molecular weight is 338 g/mol. The third kappa shape index (κ3) is 3.08. The molecule has 0 spiro atoms. The first-order valence-corrected chi connectivity index (χ1v) is 6.92. The van der Waals surface area contributed by atoms with Gasteiger partial charge in [0.05, 0.1) is 18.1 Å². The van der Waals surface area contributed by atoms with Crippen LogP contribution < -0.4 is 9.47 Å². The number of methoxy groups -OCH3 is 1. The lowest BCUT2D eigenvalue weighted by Gasteiger charge is -2.12. The second-order valence-corrected chi connectivity index (χ2v) is 4.50. The molecule has 0 aliphatic heterocycles. The van der Waals surface area contributed by atoms with Crippen molar-refractivity contribution >= 4 is 21.6 Å². The smallest absolute Gasteiger partial charge is 0.273 e. The minimum Gasteiger partial charge on any atom is -0.493 e. The van der Waals surface area contributed by atoms with Crippen LogP contribution in [-0.4, -0.2) is 12.0 Å². The number of benzene rings is 2. The summed E-state index contributed by atoms with van der Waals surface area (Å²) < 4.78 is 10.9. The second-order valence-electron chi connectivity index (χ2n) is 3.94. The van der Waals surface area contributed by atoms with E-state index in [1.807, 2.05) is 24.3 Å². The van der Waals surface area contributed by atoms with Crippen molar-refractivity contribution in [3.63, 3.8) is 0 Å². The van der Waals surface area contributed by atoms with Gasteiger partial charge in [0.2, 0.25) is 0 Å². The van der Waals surface area contributed by atoms with Crippen LogP contribution in [0.3, 0.4) is 0 Å². The molecule has 2 rings (SSSR count). The number of ether oxygens (including phenoxy) is 2. The maximum Gasteiger partial charge on any atom is 0.273 e. The van der Waals surface area contributed by atoms with Gasteiger partial charge in [0.1, 0.15) is 5.75 Å². The molecule has 2 aromatic rings. The van der Waals surface area contributed by atoms with Gasteiger partial charge in [-0.2, -0.15) is 0 Å². The Labute approximate surface area is 124 Å². The van der Waals surface area contributed by atoms with E-state index in [9.17, 15) is 10.1 Å². The molecule has 0 atom stereocenters. The molecule has 0 N–H and O–H groups in total. The number of hydrogen-bond donors (Lipinski definition) is 0. The lowest BCUT2D eigenvalue weighted by Crippen LogP contribution is -1.95. The Bertz CT molecular complexity index is 630. The fourth-order valence-corrected chi connectivity index (χ4v) is 2.15. The summed E-state index contributed by atoms with van der Waals surface area (Å²) in [5.74, 6) is 1.44. The van der Waals surface area contributed by atoms with Crippen LogP contribution in [0.25, 0.3) is 0 Å². The molecule has 0 fully saturated rings. The maximum atomic E-state index is 10.7. The van der Waals surface area contributed by atoms with Crippen molar-refractivity contribution in [3.05, 3.63) is 58.1 Å². The Morgan fingerprint density at radius 1 is 1.15 bits per heavy atom. The molecule has 0 bridgehead atoms. The van der Waals surface area contributed by atoms with Crippen LogP contribution in [-0.2, 0) is 5.33 Å². The Morgan fingerprint density at radius 2 is 1.90 bits per heavy atom. The van der Waals surface area contributed by atoms with Gasteiger partial charge >= 0.3 is 0 Å². The topological polar surface area (TPSA) is 61.6 Å². The van der Waals surface area contributed by atoms with Crippen molar-refractivity contribution < 1.29 is 14.4 Å². The summed E-state index contributed by atoms with van der Waals surface area (Å²) in [6.07, 6.45) is 0. The van der Waals surface area contributed by atoms with E-state index in [1.165, 1.54) is 25.3 Å². The van der Waals surface area contributed by atoms with E-state index in [1.54, 1.807) is 0 Å². The lowest BCUT2D eigenvalue weighted by molar-refractivity contribution is -0.384. The van der Waals surface area contributed by atoms with Gasteiger partial charge in [-0.15, -0.1) is 0 Å². The zero-order valence-corrected chi connectivity index (χ0v) is 12.3. The highest BCUT2D eigenvalue weighted by atomic mass is 79.9. The molecule has 20 heavy (non-hydrogen) atoms. The van der Waals surface area contributed by atoms with E-state index in [4.69, 9.17) is 9.47 Å². The molecule has 0 heterocycles. The molecule has 5 nitrogen and oxygen atoms in total. The zero-order chi connectivity index (χ0) is 14.5. The van der Waals surface area contributed by atoms with Gasteiger partial charge in [-0.3, -0.25) is 10.1 Å². The third-order valence-corrected chi connectivity index (χ3v) is 3.30. The zero-order valence-electron chi connectivity index (χ0n) is 10.7. The fourth-order valence-electron chi connectivity index (χ4n) is 1.69. The standard InChI is InChI=1S/C14H12BrNO4/c1-19-14-8-11(16(17)18)6-7-13(14)20-12-5-3-2-4-10(12)9-15/h2-8H,9H2,1H3. The quantitative estimate of drug-likeness (QED) is 0.463. The minimum atomic E-state index is -0.473. The van der Waals surface area contributed by atoms with Crippen LogP contribution in [0.15, 0.2) is 42.5 Å². The Hall–Kier alpha value is -2.08. The van der Waals surface area contributed by atoms with Crippen molar-refractivity contribution in [2.75, 3.05) is 7.11 Å². The van der Waals surface area contributed by atoms with Gasteiger partial charge < -0.3 is 9.47 Å². The summed E-state index contributed by atoms with van der Waals surface area (Å²) in [6, 6.07) is 11.8. The Kier molecular flexibility index (Phi) is 4.57. The minimum absolute atomic E-state index is 0.0389. The summed E-state index contributed by atoms with van der Waals surface area (Å²) in [5.41, 5.74) is 0.941. The molecule has 2 aromatic carbocycles. The summed E-state index contributed by atoms with van der Waals surface area (Å²) in [7, 11) is 1.45. The van der Waals surface area contributed by atoms with Gasteiger partial charge in [0.15, 0.2) is 11.5 Å². The maximum absolute atomic E-state index is 10.7. The second kappa shape index (κ2) is 6.38. The normalized spacial score (nSPS) is 10.1. The van der Waals surface area contributed by atoms with Gasteiger partial charge in [0.25, 0.3) is 5.69 Å². The molecule has 0 aliphatic rings. The molecule has 104 valence electrons. The predicted octanol–water partition coefficient (Wildman–Crippen LogP) is 4.29. The first-order chi connectivity index (χ1) is 9.65. The highest BCUT2D eigenvalue weighted by Crippen LogP contribution is 2.36. The lowest BCUT2D eigenvalue weighted by atomic mass is 10.2. The highest BCUT2D eigenvalue weighted by Gasteiger charge is 2.13. The van der Waals surface area contributed by atoms with Crippen LogP contribution in [0.5, 0.6) is 17.2 Å². The number of alkyl halides is 1. The molecule has 0 amide bonds. The Balaban J connectivity index is 2.36.